The Morgan fingerprint density at radius 1 is 1.50 bits per heavy atom. The lowest BCUT2D eigenvalue weighted by Crippen LogP contribution is -1.78. The van der Waals surface area contributed by atoms with Crippen molar-refractivity contribution in [2.75, 3.05) is 0 Å². The number of rotatable bonds is 3. The van der Waals surface area contributed by atoms with Crippen LogP contribution in [0.5, 0.6) is 0 Å². The first kappa shape index (κ1) is 7.41. The molecule has 0 atom stereocenters. The topological polar surface area (TPSA) is 23.9 Å². The summed E-state index contributed by atoms with van der Waals surface area (Å²) in [6.45, 7) is 4.14. The van der Waals surface area contributed by atoms with Crippen LogP contribution in [-0.2, 0) is 0 Å². The second-order valence-corrected chi connectivity index (χ2v) is 1.69. The normalized spacial score (nSPS) is 11.5. The summed E-state index contributed by atoms with van der Waals surface area (Å²) in [5.74, 6) is 0. The Kier molecular flexibility index (Phi) is 4.23. The van der Waals surface area contributed by atoms with E-state index in [4.69, 9.17) is 5.41 Å². The third-order valence-corrected chi connectivity index (χ3v) is 1.06. The molecule has 0 aliphatic carbocycles. The number of hydrogen-bond donors (Lipinski definition) is 1. The molecule has 0 aromatic carbocycles. The molecular formula is C7H13N. The fraction of sp³-hybridized carbons (Fsp3) is 0.571. The fourth-order valence-electron chi connectivity index (χ4n) is 0.568. The molecule has 0 saturated heterocycles. The third kappa shape index (κ3) is 2.56. The van der Waals surface area contributed by atoms with Gasteiger partial charge in [-0.1, -0.05) is 19.9 Å². The van der Waals surface area contributed by atoms with Crippen LogP contribution in [0.25, 0.3) is 0 Å². The van der Waals surface area contributed by atoms with Crippen LogP contribution in [-0.4, -0.2) is 6.21 Å². The molecule has 1 nitrogen and oxygen atoms in total. The number of allylic oxidation sites excluding steroid dienone is 2. The first-order valence-corrected chi connectivity index (χ1v) is 3.04. The summed E-state index contributed by atoms with van der Waals surface area (Å²) in [6, 6.07) is 0. The van der Waals surface area contributed by atoms with Gasteiger partial charge < -0.3 is 5.41 Å². The van der Waals surface area contributed by atoms with Gasteiger partial charge in [0.2, 0.25) is 0 Å². The zero-order chi connectivity index (χ0) is 6.41. The van der Waals surface area contributed by atoms with E-state index in [0.717, 1.165) is 18.4 Å². The summed E-state index contributed by atoms with van der Waals surface area (Å²) in [4.78, 5) is 0. The van der Waals surface area contributed by atoms with Gasteiger partial charge in [0.25, 0.3) is 0 Å². The Morgan fingerprint density at radius 2 is 2.12 bits per heavy atom. The molecule has 0 rings (SSSR count). The summed E-state index contributed by atoms with van der Waals surface area (Å²) in [5.41, 5.74) is 1.13. The minimum Gasteiger partial charge on any atom is -0.308 e. The number of nitrogens with one attached hydrogen (secondary N) is 1. The van der Waals surface area contributed by atoms with Crippen LogP contribution in [0.4, 0.5) is 0 Å². The van der Waals surface area contributed by atoms with E-state index >= 15 is 0 Å². The van der Waals surface area contributed by atoms with Crippen molar-refractivity contribution in [3.05, 3.63) is 11.6 Å². The van der Waals surface area contributed by atoms with Crippen LogP contribution in [0.2, 0.25) is 0 Å². The maximum absolute atomic E-state index is 6.87. The molecule has 0 aliphatic rings. The van der Waals surface area contributed by atoms with Gasteiger partial charge in [0, 0.05) is 6.21 Å². The van der Waals surface area contributed by atoms with Crippen LogP contribution in [0, 0.1) is 5.41 Å². The molecule has 0 aromatic heterocycles. The van der Waals surface area contributed by atoms with Crippen molar-refractivity contribution >= 4 is 6.21 Å². The molecule has 0 aliphatic heterocycles. The number of hydrogen-bond acceptors (Lipinski definition) is 1. The van der Waals surface area contributed by atoms with Crippen molar-refractivity contribution in [3.8, 4) is 0 Å². The summed E-state index contributed by atoms with van der Waals surface area (Å²) in [6.07, 6.45) is 5.52. The van der Waals surface area contributed by atoms with Crippen molar-refractivity contribution in [1.82, 2.24) is 0 Å². The van der Waals surface area contributed by atoms with Gasteiger partial charge in [-0.25, -0.2) is 0 Å². The zero-order valence-electron chi connectivity index (χ0n) is 5.57. The van der Waals surface area contributed by atoms with Gasteiger partial charge in [-0.3, -0.25) is 0 Å². The Morgan fingerprint density at radius 3 is 2.25 bits per heavy atom. The fourth-order valence-corrected chi connectivity index (χ4v) is 0.568. The van der Waals surface area contributed by atoms with Crippen molar-refractivity contribution in [2.45, 2.75) is 26.7 Å². The highest BCUT2D eigenvalue weighted by atomic mass is 14.3. The molecule has 1 heteroatoms. The Labute approximate surface area is 50.9 Å². The van der Waals surface area contributed by atoms with Gasteiger partial charge in [-0.05, 0) is 18.4 Å². The average molecular weight is 111 g/mol. The summed E-state index contributed by atoms with van der Waals surface area (Å²) >= 11 is 0. The smallest absolute Gasteiger partial charge is 0.0206 e. The highest BCUT2D eigenvalue weighted by Crippen LogP contribution is 1.96. The lowest BCUT2D eigenvalue weighted by atomic mass is 10.2. The van der Waals surface area contributed by atoms with E-state index in [1.165, 1.54) is 6.21 Å². The maximum atomic E-state index is 6.87. The lowest BCUT2D eigenvalue weighted by molar-refractivity contribution is 1.12. The van der Waals surface area contributed by atoms with Crippen molar-refractivity contribution < 1.29 is 0 Å². The minimum atomic E-state index is 0.983. The van der Waals surface area contributed by atoms with E-state index in [9.17, 15) is 0 Å². The quantitative estimate of drug-likeness (QED) is 0.541. The largest absolute Gasteiger partial charge is 0.308 e. The maximum Gasteiger partial charge on any atom is 0.0206 e. The SMILES string of the molecule is CC/C=C(/C=N)CC. The average Bonchev–Trinajstić information content (AvgIpc) is 1.83. The van der Waals surface area contributed by atoms with Crippen LogP contribution in [0.3, 0.4) is 0 Å². The molecule has 0 radical (unpaired) electrons. The van der Waals surface area contributed by atoms with E-state index in [1.54, 1.807) is 0 Å². The summed E-state index contributed by atoms with van der Waals surface area (Å²) < 4.78 is 0. The highest BCUT2D eigenvalue weighted by molar-refractivity contribution is 5.75. The van der Waals surface area contributed by atoms with Gasteiger partial charge >= 0.3 is 0 Å². The van der Waals surface area contributed by atoms with E-state index < -0.39 is 0 Å². The summed E-state index contributed by atoms with van der Waals surface area (Å²) in [7, 11) is 0. The molecule has 0 bridgehead atoms. The molecule has 0 heterocycles. The minimum absolute atomic E-state index is 0.983. The van der Waals surface area contributed by atoms with Gasteiger partial charge in [0.05, 0.1) is 0 Å². The predicted octanol–water partition coefficient (Wildman–Crippen LogP) is 2.38. The standard InChI is InChI=1S/C7H13N/c1-3-5-7(4-2)6-8/h5-6,8H,3-4H2,1-2H3/b7-5+,8-6?. The molecule has 8 heavy (non-hydrogen) atoms. The first-order chi connectivity index (χ1) is 3.85. The Hall–Kier alpha value is -0.590. The van der Waals surface area contributed by atoms with Crippen LogP contribution in [0.15, 0.2) is 11.6 Å². The summed E-state index contributed by atoms with van der Waals surface area (Å²) in [5, 5.41) is 6.87. The van der Waals surface area contributed by atoms with Crippen LogP contribution < -0.4 is 0 Å². The van der Waals surface area contributed by atoms with E-state index in [-0.39, 0.29) is 0 Å². The monoisotopic (exact) mass is 111 g/mol. The predicted molar refractivity (Wildman–Crippen MR) is 37.4 cm³/mol. The van der Waals surface area contributed by atoms with Crippen molar-refractivity contribution in [2.24, 2.45) is 0 Å². The van der Waals surface area contributed by atoms with E-state index in [2.05, 4.69) is 19.9 Å². The van der Waals surface area contributed by atoms with Gasteiger partial charge in [0.1, 0.15) is 0 Å². The Bertz CT molecular complexity index is 92.6. The van der Waals surface area contributed by atoms with Gasteiger partial charge in [-0.2, -0.15) is 0 Å². The van der Waals surface area contributed by atoms with E-state index in [0.29, 0.717) is 0 Å². The highest BCUT2D eigenvalue weighted by Gasteiger charge is 1.82. The molecule has 1 N–H and O–H groups in total. The molecule has 0 fully saturated rings. The van der Waals surface area contributed by atoms with Gasteiger partial charge in [-0.15, -0.1) is 0 Å². The molecule has 0 saturated carbocycles. The van der Waals surface area contributed by atoms with E-state index in [1.807, 2.05) is 0 Å². The first-order valence-electron chi connectivity index (χ1n) is 3.04. The molecule has 0 spiro atoms. The second kappa shape index (κ2) is 4.57. The van der Waals surface area contributed by atoms with Gasteiger partial charge in [0.15, 0.2) is 0 Å². The molecule has 0 unspecified atom stereocenters. The Balaban J connectivity index is 3.66. The molecule has 0 amide bonds. The third-order valence-electron chi connectivity index (χ3n) is 1.06. The van der Waals surface area contributed by atoms with Crippen LogP contribution in [0.1, 0.15) is 26.7 Å². The molecule has 0 aromatic rings. The second-order valence-electron chi connectivity index (χ2n) is 1.69. The zero-order valence-corrected chi connectivity index (χ0v) is 5.57. The lowest BCUT2D eigenvalue weighted by Gasteiger charge is -1.89. The van der Waals surface area contributed by atoms with Crippen molar-refractivity contribution in [1.29, 1.82) is 5.41 Å². The molecule has 46 valence electrons. The van der Waals surface area contributed by atoms with Crippen LogP contribution >= 0.6 is 0 Å². The molecular weight excluding hydrogens is 98.1 g/mol. The van der Waals surface area contributed by atoms with Crippen molar-refractivity contribution in [3.63, 3.8) is 0 Å².